The molecule has 1 N–H and O–H groups in total. The average molecular weight is 396 g/mol. The number of aromatic nitrogens is 3. The summed E-state index contributed by atoms with van der Waals surface area (Å²) in [4.78, 5) is 14.6. The second-order valence-corrected chi connectivity index (χ2v) is 8.27. The number of hydrogen-bond donors (Lipinski definition) is 1. The van der Waals surface area contributed by atoms with Crippen LogP contribution >= 0.6 is 11.8 Å². The maximum Gasteiger partial charge on any atom is 0.237 e. The van der Waals surface area contributed by atoms with E-state index in [9.17, 15) is 4.79 Å². The number of benzene rings is 2. The van der Waals surface area contributed by atoms with Crippen molar-refractivity contribution in [2.75, 3.05) is 24.3 Å². The van der Waals surface area contributed by atoms with Gasteiger partial charge < -0.3 is 10.2 Å². The zero-order chi connectivity index (χ0) is 20.3. The number of aryl methyl sites for hydroxylation is 2. The molecule has 3 rings (SSSR count). The van der Waals surface area contributed by atoms with E-state index in [1.54, 1.807) is 6.33 Å². The molecule has 7 heteroatoms. The van der Waals surface area contributed by atoms with Crippen molar-refractivity contribution in [3.8, 4) is 5.69 Å². The molecule has 3 aromatic rings. The van der Waals surface area contributed by atoms with Gasteiger partial charge in [0.2, 0.25) is 5.91 Å². The number of nitrogens with one attached hydrogen (secondary N) is 1. The number of hydrogen-bond acceptors (Lipinski definition) is 5. The Labute approximate surface area is 170 Å². The summed E-state index contributed by atoms with van der Waals surface area (Å²) in [6, 6.07) is 14.0. The summed E-state index contributed by atoms with van der Waals surface area (Å²) in [6.45, 7) is 6.00. The van der Waals surface area contributed by atoms with Crippen molar-refractivity contribution in [3.63, 3.8) is 0 Å². The largest absolute Gasteiger partial charge is 0.378 e. The Morgan fingerprint density at radius 2 is 1.86 bits per heavy atom. The van der Waals surface area contributed by atoms with Gasteiger partial charge in [-0.2, -0.15) is 0 Å². The predicted octanol–water partition coefficient (Wildman–Crippen LogP) is 4.07. The minimum atomic E-state index is -0.317. The molecule has 0 spiro atoms. The summed E-state index contributed by atoms with van der Waals surface area (Å²) in [5.41, 5.74) is 5.22. The Morgan fingerprint density at radius 3 is 2.50 bits per heavy atom. The summed E-state index contributed by atoms with van der Waals surface area (Å²) in [5, 5.41) is 11.6. The van der Waals surface area contributed by atoms with Crippen LogP contribution in [0.1, 0.15) is 18.1 Å². The second kappa shape index (κ2) is 8.48. The number of anilines is 2. The Kier molecular flexibility index (Phi) is 6.04. The smallest absolute Gasteiger partial charge is 0.237 e. The molecule has 0 fully saturated rings. The molecule has 1 heterocycles. The summed E-state index contributed by atoms with van der Waals surface area (Å²) in [5.74, 6) is -0.0715. The molecule has 146 valence electrons. The highest BCUT2D eigenvalue weighted by atomic mass is 32.2. The highest BCUT2D eigenvalue weighted by Gasteiger charge is 2.19. The van der Waals surface area contributed by atoms with Gasteiger partial charge in [-0.1, -0.05) is 29.5 Å². The van der Waals surface area contributed by atoms with Crippen molar-refractivity contribution in [2.45, 2.75) is 31.2 Å². The number of nitrogens with zero attached hydrogens (tertiary/aromatic N) is 4. The highest BCUT2D eigenvalue weighted by Crippen LogP contribution is 2.26. The van der Waals surface area contributed by atoms with E-state index in [4.69, 9.17) is 0 Å². The Morgan fingerprint density at radius 1 is 1.14 bits per heavy atom. The van der Waals surface area contributed by atoms with E-state index in [1.807, 2.05) is 54.8 Å². The van der Waals surface area contributed by atoms with Crippen molar-refractivity contribution in [3.05, 3.63) is 59.9 Å². The Bertz CT molecular complexity index is 965. The molecule has 1 amide bonds. The molecular formula is C21H25N5OS. The molecule has 1 aromatic heterocycles. The minimum Gasteiger partial charge on any atom is -0.378 e. The van der Waals surface area contributed by atoms with Gasteiger partial charge in [-0.15, -0.1) is 10.2 Å². The van der Waals surface area contributed by atoms with E-state index in [0.717, 1.165) is 22.6 Å². The molecule has 0 aliphatic carbocycles. The van der Waals surface area contributed by atoms with E-state index >= 15 is 0 Å². The molecule has 1 unspecified atom stereocenters. The lowest BCUT2D eigenvalue weighted by Gasteiger charge is -2.15. The van der Waals surface area contributed by atoms with Crippen LogP contribution in [0.15, 0.2) is 53.9 Å². The van der Waals surface area contributed by atoms with Gasteiger partial charge in [-0.05, 0) is 56.7 Å². The highest BCUT2D eigenvalue weighted by molar-refractivity contribution is 8.00. The molecule has 0 saturated carbocycles. The molecular weight excluding hydrogens is 370 g/mol. The summed E-state index contributed by atoms with van der Waals surface area (Å²) in [6.07, 6.45) is 1.69. The molecule has 2 aromatic carbocycles. The number of amides is 1. The Hall–Kier alpha value is -2.80. The van der Waals surface area contributed by atoms with Crippen LogP contribution < -0.4 is 10.2 Å². The number of rotatable bonds is 6. The fraction of sp³-hybridized carbons (Fsp3) is 0.286. The summed E-state index contributed by atoms with van der Waals surface area (Å²) in [7, 11) is 3.97. The maximum atomic E-state index is 12.6. The van der Waals surface area contributed by atoms with Gasteiger partial charge >= 0.3 is 0 Å². The average Bonchev–Trinajstić information content (AvgIpc) is 3.10. The number of thioether (sulfide) groups is 1. The first-order valence-electron chi connectivity index (χ1n) is 9.07. The second-order valence-electron chi connectivity index (χ2n) is 6.96. The van der Waals surface area contributed by atoms with E-state index in [1.165, 1.54) is 17.3 Å². The lowest BCUT2D eigenvalue weighted by molar-refractivity contribution is -0.115. The lowest BCUT2D eigenvalue weighted by atomic mass is 10.1. The fourth-order valence-corrected chi connectivity index (χ4v) is 3.68. The molecule has 1 atom stereocenters. The van der Waals surface area contributed by atoms with Gasteiger partial charge in [0.15, 0.2) is 5.16 Å². The SMILES string of the molecule is Cc1ccc(-n2cnnc2SC(C)C(=O)Nc2ccc(N(C)C)cc2)c(C)c1. The van der Waals surface area contributed by atoms with Crippen molar-refractivity contribution in [1.82, 2.24) is 14.8 Å². The summed E-state index contributed by atoms with van der Waals surface area (Å²) < 4.78 is 1.93. The third-order valence-electron chi connectivity index (χ3n) is 4.43. The molecule has 0 bridgehead atoms. The van der Waals surface area contributed by atoms with Gasteiger partial charge in [0, 0.05) is 25.5 Å². The third-order valence-corrected chi connectivity index (χ3v) is 5.49. The van der Waals surface area contributed by atoms with Crippen LogP contribution in [0.5, 0.6) is 0 Å². The molecule has 0 radical (unpaired) electrons. The van der Waals surface area contributed by atoms with Crippen LogP contribution in [-0.4, -0.2) is 40.0 Å². The first-order chi connectivity index (χ1) is 13.3. The monoisotopic (exact) mass is 395 g/mol. The molecule has 0 saturated heterocycles. The maximum absolute atomic E-state index is 12.6. The zero-order valence-electron chi connectivity index (χ0n) is 16.8. The first-order valence-corrected chi connectivity index (χ1v) is 9.95. The minimum absolute atomic E-state index is 0.0715. The van der Waals surface area contributed by atoms with Gasteiger partial charge in [-0.25, -0.2) is 0 Å². The van der Waals surface area contributed by atoms with Crippen molar-refractivity contribution in [2.24, 2.45) is 0 Å². The van der Waals surface area contributed by atoms with Crippen molar-refractivity contribution < 1.29 is 4.79 Å². The Balaban J connectivity index is 1.70. The normalized spacial score (nSPS) is 11.9. The zero-order valence-corrected chi connectivity index (χ0v) is 17.6. The molecule has 6 nitrogen and oxygen atoms in total. The molecule has 0 aliphatic heterocycles. The fourth-order valence-electron chi connectivity index (χ4n) is 2.84. The van der Waals surface area contributed by atoms with E-state index in [2.05, 4.69) is 47.6 Å². The molecule has 28 heavy (non-hydrogen) atoms. The van der Waals surface area contributed by atoms with Crippen LogP contribution in [0.4, 0.5) is 11.4 Å². The van der Waals surface area contributed by atoms with Gasteiger partial charge in [0.05, 0.1) is 10.9 Å². The lowest BCUT2D eigenvalue weighted by Crippen LogP contribution is -2.23. The first kappa shape index (κ1) is 19.9. The number of carbonyl (C=O) groups excluding carboxylic acids is 1. The van der Waals surface area contributed by atoms with Gasteiger partial charge in [-0.3, -0.25) is 9.36 Å². The standard InChI is InChI=1S/C21H25N5OS/c1-14-6-11-19(15(2)12-14)26-13-22-24-21(26)28-16(3)20(27)23-17-7-9-18(10-8-17)25(4)5/h6-13,16H,1-5H3,(H,23,27). The van der Waals surface area contributed by atoms with Crippen LogP contribution in [0.25, 0.3) is 5.69 Å². The molecule has 0 aliphatic rings. The van der Waals surface area contributed by atoms with Crippen LogP contribution in [0, 0.1) is 13.8 Å². The summed E-state index contributed by atoms with van der Waals surface area (Å²) >= 11 is 1.39. The van der Waals surface area contributed by atoms with Crippen LogP contribution in [0.3, 0.4) is 0 Å². The van der Waals surface area contributed by atoms with Crippen LogP contribution in [0.2, 0.25) is 0 Å². The van der Waals surface area contributed by atoms with Gasteiger partial charge in [0.25, 0.3) is 0 Å². The van der Waals surface area contributed by atoms with Gasteiger partial charge in [0.1, 0.15) is 6.33 Å². The number of carbonyl (C=O) groups is 1. The van der Waals surface area contributed by atoms with E-state index < -0.39 is 0 Å². The van der Waals surface area contributed by atoms with E-state index in [-0.39, 0.29) is 11.2 Å². The topological polar surface area (TPSA) is 63.1 Å². The third kappa shape index (κ3) is 4.54. The van der Waals surface area contributed by atoms with Crippen molar-refractivity contribution in [1.29, 1.82) is 0 Å². The quantitative estimate of drug-likeness (QED) is 0.638. The van der Waals surface area contributed by atoms with E-state index in [0.29, 0.717) is 5.16 Å². The van der Waals surface area contributed by atoms with Crippen LogP contribution in [-0.2, 0) is 4.79 Å². The van der Waals surface area contributed by atoms with Crippen molar-refractivity contribution >= 4 is 29.0 Å². The predicted molar refractivity (Wildman–Crippen MR) is 116 cm³/mol.